The van der Waals surface area contributed by atoms with Crippen LogP contribution in [0.3, 0.4) is 0 Å². The molecule has 1 atom stereocenters. The highest BCUT2D eigenvalue weighted by atomic mass is 28.3. The maximum atomic E-state index is 2.88. The first-order valence-electron chi connectivity index (χ1n) is 7.28. The van der Waals surface area contributed by atoms with Crippen LogP contribution >= 0.6 is 0 Å². The molecule has 1 aliphatic heterocycles. The summed E-state index contributed by atoms with van der Waals surface area (Å²) in [4.78, 5) is 0. The molecule has 0 saturated heterocycles. The summed E-state index contributed by atoms with van der Waals surface area (Å²) in [6, 6.07) is 0. The van der Waals surface area contributed by atoms with E-state index < -0.39 is 24.4 Å². The Labute approximate surface area is 118 Å². The fourth-order valence-electron chi connectivity index (χ4n) is 3.33. The molecular formula is C13H32BNSi3. The lowest BCUT2D eigenvalue weighted by atomic mass is 9.63. The fourth-order valence-corrected chi connectivity index (χ4v) is 11.7. The van der Waals surface area contributed by atoms with E-state index >= 15 is 0 Å². The van der Waals surface area contributed by atoms with E-state index in [4.69, 9.17) is 0 Å². The topological polar surface area (TPSA) is 3.24 Å². The first kappa shape index (κ1) is 16.3. The molecule has 1 aliphatic rings. The minimum Gasteiger partial charge on any atom is -0.450 e. The van der Waals surface area contributed by atoms with E-state index in [0.717, 1.165) is 12.3 Å². The number of nitrogens with zero attached hydrogens (tertiary/aromatic N) is 1. The summed E-state index contributed by atoms with van der Waals surface area (Å²) < 4.78 is 2.88. The van der Waals surface area contributed by atoms with Crippen LogP contribution in [0.5, 0.6) is 0 Å². The van der Waals surface area contributed by atoms with Crippen LogP contribution in [0, 0.1) is 0 Å². The first-order valence-corrected chi connectivity index (χ1v) is 17.8. The van der Waals surface area contributed by atoms with Gasteiger partial charge in [0.1, 0.15) is 8.24 Å². The van der Waals surface area contributed by atoms with Gasteiger partial charge in [0.25, 0.3) is 0 Å². The largest absolute Gasteiger partial charge is 0.450 e. The molecule has 104 valence electrons. The lowest BCUT2D eigenvalue weighted by Crippen LogP contribution is -2.56. The summed E-state index contributed by atoms with van der Waals surface area (Å²) in [5.41, 5.74) is 0.839. The maximum absolute atomic E-state index is 2.88. The summed E-state index contributed by atoms with van der Waals surface area (Å²) in [5.74, 6) is 0. The Morgan fingerprint density at radius 2 is 1.39 bits per heavy atom. The van der Waals surface area contributed by atoms with Gasteiger partial charge in [-0.15, -0.1) is 0 Å². The average molecular weight is 297 g/mol. The monoisotopic (exact) mass is 297 g/mol. The van der Waals surface area contributed by atoms with E-state index in [2.05, 4.69) is 76.3 Å². The summed E-state index contributed by atoms with van der Waals surface area (Å²) in [6.07, 6.45) is 2.70. The van der Waals surface area contributed by atoms with Gasteiger partial charge in [-0.05, 0) is 10.8 Å². The van der Waals surface area contributed by atoms with E-state index in [0.29, 0.717) is 0 Å². The van der Waals surface area contributed by atoms with Gasteiger partial charge >= 0.3 is 0 Å². The van der Waals surface area contributed by atoms with Crippen molar-refractivity contribution < 1.29 is 0 Å². The van der Waals surface area contributed by atoms with Crippen molar-refractivity contribution in [3.63, 3.8) is 0 Å². The predicted molar refractivity (Wildman–Crippen MR) is 95.3 cm³/mol. The number of allylic oxidation sites excluding steroid dienone is 1. The molecule has 0 amide bonds. The second kappa shape index (κ2) is 4.67. The van der Waals surface area contributed by atoms with Crippen molar-refractivity contribution in [1.82, 2.24) is 4.48 Å². The highest BCUT2D eigenvalue weighted by Crippen LogP contribution is 2.42. The molecule has 5 heteroatoms. The second-order valence-electron chi connectivity index (χ2n) is 8.98. The Morgan fingerprint density at radius 3 is 1.61 bits per heavy atom. The molecule has 0 bridgehead atoms. The Balaban J connectivity index is 3.25. The molecular weight excluding hydrogens is 265 g/mol. The Hall–Kier alpha value is 0.256. The molecule has 1 nitrogen and oxygen atoms in total. The van der Waals surface area contributed by atoms with Crippen molar-refractivity contribution in [3.8, 4) is 0 Å². The third-order valence-electron chi connectivity index (χ3n) is 4.02. The van der Waals surface area contributed by atoms with Gasteiger partial charge in [-0.1, -0.05) is 71.8 Å². The molecule has 0 spiro atoms. The molecule has 0 aromatic rings. The number of hydrogen-bond acceptors (Lipinski definition) is 1. The molecule has 1 rings (SSSR count). The van der Waals surface area contributed by atoms with Gasteiger partial charge in [-0.3, -0.25) is 0 Å². The van der Waals surface area contributed by atoms with Crippen molar-refractivity contribution in [2.24, 2.45) is 0 Å². The average Bonchev–Trinajstić information content (AvgIpc) is 2.39. The van der Waals surface area contributed by atoms with Gasteiger partial charge in [-0.25, -0.2) is 0 Å². The van der Waals surface area contributed by atoms with Crippen LogP contribution in [-0.2, 0) is 0 Å². The minimum atomic E-state index is -1.26. The molecule has 0 radical (unpaired) electrons. The maximum Gasteiger partial charge on any atom is 0.246 e. The van der Waals surface area contributed by atoms with Crippen LogP contribution < -0.4 is 0 Å². The predicted octanol–water partition coefficient (Wildman–Crippen LogP) is 4.77. The van der Waals surface area contributed by atoms with Crippen molar-refractivity contribution in [2.45, 2.75) is 71.2 Å². The Kier molecular flexibility index (Phi) is 4.23. The fraction of sp³-hybridized carbons (Fsp3) is 0.846. The van der Waals surface area contributed by atoms with Crippen LogP contribution in [0.2, 0.25) is 71.2 Å². The van der Waals surface area contributed by atoms with Crippen molar-refractivity contribution in [1.29, 1.82) is 0 Å². The van der Waals surface area contributed by atoms with E-state index in [-0.39, 0.29) is 0 Å². The van der Waals surface area contributed by atoms with E-state index in [1.165, 1.54) is 0 Å². The van der Waals surface area contributed by atoms with Gasteiger partial charge in [-0.2, -0.15) is 0 Å². The van der Waals surface area contributed by atoms with E-state index in [1.54, 1.807) is 5.32 Å². The molecule has 0 aromatic heterocycles. The summed E-state index contributed by atoms with van der Waals surface area (Å²) in [7, 11) is -3.58. The molecule has 18 heavy (non-hydrogen) atoms. The first-order chi connectivity index (χ1) is 7.76. The summed E-state index contributed by atoms with van der Waals surface area (Å²) >= 11 is 0. The zero-order chi connectivity index (χ0) is 14.5. The second-order valence-corrected chi connectivity index (χ2v) is 24.2. The standard InChI is InChI=1S/C13H32BNSi3/c1-14-12(16(2,3)4)11-13(17(5,6)7)15(14)18(8,9)10/h11-12H,1-10H3. The van der Waals surface area contributed by atoms with Crippen LogP contribution in [0.15, 0.2) is 11.4 Å². The van der Waals surface area contributed by atoms with Crippen LogP contribution in [0.4, 0.5) is 0 Å². The minimum absolute atomic E-state index is 0.741. The lowest BCUT2D eigenvalue weighted by molar-refractivity contribution is 0.839. The molecule has 0 fully saturated rings. The summed E-state index contributed by atoms with van der Waals surface area (Å²) in [6.45, 7) is 25.8. The Morgan fingerprint density at radius 1 is 0.944 bits per heavy atom. The number of rotatable bonds is 3. The summed E-state index contributed by atoms with van der Waals surface area (Å²) in [5, 5.41) is 1.75. The van der Waals surface area contributed by atoms with Crippen LogP contribution in [0.25, 0.3) is 0 Å². The molecule has 0 aliphatic carbocycles. The molecule has 0 saturated carbocycles. The van der Waals surface area contributed by atoms with Crippen molar-refractivity contribution in [2.75, 3.05) is 0 Å². The van der Waals surface area contributed by atoms with E-state index in [9.17, 15) is 0 Å². The van der Waals surface area contributed by atoms with Gasteiger partial charge in [0.15, 0.2) is 0 Å². The van der Waals surface area contributed by atoms with Crippen LogP contribution in [-0.4, -0.2) is 35.7 Å². The van der Waals surface area contributed by atoms with Gasteiger partial charge in [0.2, 0.25) is 6.85 Å². The highest BCUT2D eigenvalue weighted by Gasteiger charge is 2.48. The van der Waals surface area contributed by atoms with Crippen LogP contribution in [0.1, 0.15) is 0 Å². The van der Waals surface area contributed by atoms with Crippen molar-refractivity contribution >= 4 is 31.2 Å². The van der Waals surface area contributed by atoms with E-state index in [1.807, 2.05) is 0 Å². The Bertz CT molecular complexity index is 347. The normalized spacial score (nSPS) is 22.6. The van der Waals surface area contributed by atoms with Gasteiger partial charge in [0, 0.05) is 8.07 Å². The molecule has 1 unspecified atom stereocenters. The molecule has 1 heterocycles. The van der Waals surface area contributed by atoms with Gasteiger partial charge < -0.3 is 4.48 Å². The quantitative estimate of drug-likeness (QED) is 0.678. The lowest BCUT2D eigenvalue weighted by Gasteiger charge is -2.44. The van der Waals surface area contributed by atoms with Gasteiger partial charge in [0.05, 0.1) is 8.07 Å². The SMILES string of the molecule is CB1C([Si](C)(C)C)C=C([Si](C)(C)C)N1[Si](C)(C)C. The third-order valence-corrected chi connectivity index (χ3v) is 10.9. The molecule has 0 N–H and O–H groups in total. The highest BCUT2D eigenvalue weighted by molar-refractivity contribution is 6.98. The third kappa shape index (κ3) is 3.22. The zero-order valence-corrected chi connectivity index (χ0v) is 17.2. The number of hydrogen-bond donors (Lipinski definition) is 0. The smallest absolute Gasteiger partial charge is 0.246 e. The zero-order valence-electron chi connectivity index (χ0n) is 14.2. The molecule has 0 aromatic carbocycles. The van der Waals surface area contributed by atoms with Crippen molar-refractivity contribution in [3.05, 3.63) is 11.4 Å².